The van der Waals surface area contributed by atoms with Crippen LogP contribution in [0, 0.1) is 29.1 Å². The number of carboxylic acid groups (broad SMARTS) is 1. The van der Waals surface area contributed by atoms with Crippen molar-refractivity contribution < 1.29 is 37.7 Å². The summed E-state index contributed by atoms with van der Waals surface area (Å²) in [4.78, 5) is 35.7. The standard InChI is InChI=1S/C18H24F2O6/c1-16(2,18(19,20)14(22)23)26-15(24)17-6-9-4-10(7-17)12(13(21)25-3)11(5-9)8-17/h9-12H,4-8H2,1-3H3,(H,22,23)/p-1. The van der Waals surface area contributed by atoms with Gasteiger partial charge in [0.1, 0.15) is 5.97 Å². The number of carbonyl (C=O) groups is 3. The first-order valence-corrected chi connectivity index (χ1v) is 8.84. The quantitative estimate of drug-likeness (QED) is 0.675. The van der Waals surface area contributed by atoms with Gasteiger partial charge in [-0.15, -0.1) is 0 Å². The van der Waals surface area contributed by atoms with Gasteiger partial charge in [0.25, 0.3) is 0 Å². The second-order valence-corrected chi connectivity index (χ2v) is 8.56. The van der Waals surface area contributed by atoms with Crippen molar-refractivity contribution >= 4 is 17.9 Å². The molecule has 2 unspecified atom stereocenters. The average Bonchev–Trinajstić information content (AvgIpc) is 2.52. The molecule has 0 aromatic rings. The molecule has 8 heteroatoms. The monoisotopic (exact) mass is 373 g/mol. The lowest BCUT2D eigenvalue weighted by molar-refractivity contribution is -0.342. The lowest BCUT2D eigenvalue weighted by atomic mass is 9.46. The van der Waals surface area contributed by atoms with Gasteiger partial charge in [-0.25, -0.2) is 0 Å². The Morgan fingerprint density at radius 2 is 1.62 bits per heavy atom. The number of halogens is 2. The van der Waals surface area contributed by atoms with E-state index in [-0.39, 0.29) is 29.6 Å². The summed E-state index contributed by atoms with van der Waals surface area (Å²) < 4.78 is 37.7. The van der Waals surface area contributed by atoms with Crippen molar-refractivity contribution in [3.8, 4) is 0 Å². The molecule has 0 saturated heterocycles. The highest BCUT2D eigenvalue weighted by Crippen LogP contribution is 2.63. The molecule has 4 aliphatic carbocycles. The fourth-order valence-corrected chi connectivity index (χ4v) is 5.45. The number of hydrogen-bond acceptors (Lipinski definition) is 6. The molecule has 4 aliphatic rings. The van der Waals surface area contributed by atoms with E-state index < -0.39 is 28.9 Å². The van der Waals surface area contributed by atoms with Crippen LogP contribution in [-0.4, -0.2) is 36.5 Å². The molecule has 0 aromatic carbocycles. The van der Waals surface area contributed by atoms with Crippen LogP contribution in [0.2, 0.25) is 0 Å². The molecular formula is C18H23F2O6-. The van der Waals surface area contributed by atoms with Gasteiger partial charge in [-0.1, -0.05) is 0 Å². The topological polar surface area (TPSA) is 92.7 Å². The van der Waals surface area contributed by atoms with Gasteiger partial charge in [0.15, 0.2) is 5.60 Å². The highest BCUT2D eigenvalue weighted by molar-refractivity contribution is 5.81. The summed E-state index contributed by atoms with van der Waals surface area (Å²) in [6.45, 7) is 1.75. The van der Waals surface area contributed by atoms with Crippen molar-refractivity contribution in [3.63, 3.8) is 0 Å². The molecule has 2 atom stereocenters. The second kappa shape index (κ2) is 5.89. The van der Waals surface area contributed by atoms with E-state index >= 15 is 0 Å². The molecule has 0 spiro atoms. The van der Waals surface area contributed by atoms with E-state index in [1.807, 2.05) is 0 Å². The fourth-order valence-electron chi connectivity index (χ4n) is 5.45. The van der Waals surface area contributed by atoms with Gasteiger partial charge in [0.05, 0.1) is 18.4 Å². The van der Waals surface area contributed by atoms with Gasteiger partial charge in [0.2, 0.25) is 0 Å². The Morgan fingerprint density at radius 3 is 2.08 bits per heavy atom. The van der Waals surface area contributed by atoms with Crippen LogP contribution in [0.25, 0.3) is 0 Å². The number of aliphatic carboxylic acids is 1. The molecule has 0 amide bonds. The van der Waals surface area contributed by atoms with Crippen molar-refractivity contribution in [1.82, 2.24) is 0 Å². The summed E-state index contributed by atoms with van der Waals surface area (Å²) in [5.41, 5.74) is -3.45. The minimum Gasteiger partial charge on any atom is -0.544 e. The van der Waals surface area contributed by atoms with Crippen molar-refractivity contribution in [2.24, 2.45) is 29.1 Å². The number of ether oxygens (including phenoxy) is 2. The maximum atomic E-state index is 13.9. The van der Waals surface area contributed by atoms with E-state index in [0.29, 0.717) is 19.3 Å². The average molecular weight is 373 g/mol. The Morgan fingerprint density at radius 1 is 1.08 bits per heavy atom. The van der Waals surface area contributed by atoms with Crippen molar-refractivity contribution in [2.45, 2.75) is 57.5 Å². The lowest BCUT2D eigenvalue weighted by Crippen LogP contribution is -2.61. The predicted molar refractivity (Wildman–Crippen MR) is 81.6 cm³/mol. The number of carbonyl (C=O) groups excluding carboxylic acids is 3. The summed E-state index contributed by atoms with van der Waals surface area (Å²) in [5, 5.41) is 10.7. The molecule has 0 aromatic heterocycles. The highest BCUT2D eigenvalue weighted by Gasteiger charge is 2.62. The summed E-state index contributed by atoms with van der Waals surface area (Å²) in [5.74, 6) is -8.07. The summed E-state index contributed by atoms with van der Waals surface area (Å²) in [6, 6.07) is 0. The smallest absolute Gasteiger partial charge is 0.325 e. The molecule has 4 saturated carbocycles. The normalized spacial score (nSPS) is 35.9. The molecule has 4 fully saturated rings. The first-order chi connectivity index (χ1) is 11.9. The summed E-state index contributed by atoms with van der Waals surface area (Å²) in [7, 11) is 1.34. The Labute approximate surface area is 150 Å². The van der Waals surface area contributed by atoms with Crippen LogP contribution in [0.1, 0.15) is 46.0 Å². The summed E-state index contributed by atoms with van der Waals surface area (Å²) >= 11 is 0. The van der Waals surface area contributed by atoms with Gasteiger partial charge in [-0.2, -0.15) is 8.78 Å². The van der Waals surface area contributed by atoms with E-state index in [1.165, 1.54) is 7.11 Å². The first-order valence-electron chi connectivity index (χ1n) is 8.84. The van der Waals surface area contributed by atoms with Crippen LogP contribution in [0.15, 0.2) is 0 Å². The third-order valence-electron chi connectivity index (χ3n) is 6.54. The highest BCUT2D eigenvalue weighted by atomic mass is 19.3. The third kappa shape index (κ3) is 2.68. The largest absolute Gasteiger partial charge is 0.544 e. The van der Waals surface area contributed by atoms with E-state index in [9.17, 15) is 28.3 Å². The number of carboxylic acids is 1. The molecule has 0 aliphatic heterocycles. The van der Waals surface area contributed by atoms with E-state index in [0.717, 1.165) is 26.7 Å². The predicted octanol–water partition coefficient (Wildman–Crippen LogP) is 1.31. The fraction of sp³-hybridized carbons (Fsp3) is 0.833. The van der Waals surface area contributed by atoms with Crippen molar-refractivity contribution in [2.75, 3.05) is 7.11 Å². The molecule has 4 bridgehead atoms. The summed E-state index contributed by atoms with van der Waals surface area (Å²) in [6.07, 6.45) is 2.91. The molecule has 146 valence electrons. The van der Waals surface area contributed by atoms with Gasteiger partial charge in [-0.05, 0) is 63.7 Å². The number of rotatable bonds is 5. The SMILES string of the molecule is COC(=O)C1C2CC3CC1CC(C(=O)OC(C)(C)C(F)(F)C(=O)[O-])(C3)C2. The molecule has 0 N–H and O–H groups in total. The van der Waals surface area contributed by atoms with Crippen LogP contribution in [0.5, 0.6) is 0 Å². The van der Waals surface area contributed by atoms with Crippen LogP contribution in [-0.2, 0) is 23.9 Å². The maximum absolute atomic E-state index is 13.9. The lowest BCUT2D eigenvalue weighted by Gasteiger charge is -2.58. The van der Waals surface area contributed by atoms with Crippen molar-refractivity contribution in [1.29, 1.82) is 0 Å². The minimum absolute atomic E-state index is 0.0361. The zero-order valence-electron chi connectivity index (χ0n) is 15.1. The Balaban J connectivity index is 1.81. The first kappa shape index (κ1) is 19.0. The third-order valence-corrected chi connectivity index (χ3v) is 6.54. The van der Waals surface area contributed by atoms with E-state index in [4.69, 9.17) is 9.47 Å². The molecular weight excluding hydrogens is 350 g/mol. The number of esters is 2. The number of methoxy groups -OCH3 is 1. The number of hydrogen-bond donors (Lipinski definition) is 0. The molecule has 4 rings (SSSR count). The van der Waals surface area contributed by atoms with Crippen molar-refractivity contribution in [3.05, 3.63) is 0 Å². The minimum atomic E-state index is -4.31. The second-order valence-electron chi connectivity index (χ2n) is 8.56. The zero-order chi connectivity index (χ0) is 19.5. The Kier molecular flexibility index (Phi) is 4.31. The van der Waals surface area contributed by atoms with Crippen LogP contribution < -0.4 is 5.11 Å². The van der Waals surface area contributed by atoms with Crippen LogP contribution in [0.3, 0.4) is 0 Å². The Bertz CT molecular complexity index is 628. The van der Waals surface area contributed by atoms with E-state index in [1.54, 1.807) is 0 Å². The van der Waals surface area contributed by atoms with Crippen LogP contribution in [0.4, 0.5) is 8.78 Å². The van der Waals surface area contributed by atoms with Gasteiger partial charge in [0, 0.05) is 0 Å². The van der Waals surface area contributed by atoms with Gasteiger partial charge in [-0.3, -0.25) is 9.59 Å². The molecule has 26 heavy (non-hydrogen) atoms. The van der Waals surface area contributed by atoms with Gasteiger partial charge >= 0.3 is 17.9 Å². The molecule has 6 nitrogen and oxygen atoms in total. The number of alkyl halides is 2. The molecule has 0 heterocycles. The maximum Gasteiger partial charge on any atom is 0.325 e. The zero-order valence-corrected chi connectivity index (χ0v) is 15.1. The molecule has 0 radical (unpaired) electrons. The van der Waals surface area contributed by atoms with E-state index in [2.05, 4.69) is 0 Å². The van der Waals surface area contributed by atoms with Gasteiger partial charge < -0.3 is 19.4 Å². The Hall–Kier alpha value is -1.73. The van der Waals surface area contributed by atoms with Crippen LogP contribution >= 0.6 is 0 Å².